The van der Waals surface area contributed by atoms with Gasteiger partial charge in [0.25, 0.3) is 0 Å². The molecule has 3 aromatic heterocycles. The number of benzene rings is 2. The highest BCUT2D eigenvalue weighted by Gasteiger charge is 2.20. The summed E-state index contributed by atoms with van der Waals surface area (Å²) in [5, 5.41) is 5.15. The van der Waals surface area contributed by atoms with Gasteiger partial charge in [-0.15, -0.1) is 0 Å². The predicted molar refractivity (Wildman–Crippen MR) is 126 cm³/mol. The maximum absolute atomic E-state index is 15.3. The van der Waals surface area contributed by atoms with E-state index < -0.39 is 5.82 Å². The molecule has 168 valence electrons. The second kappa shape index (κ2) is 7.58. The van der Waals surface area contributed by atoms with Crippen LogP contribution in [-0.4, -0.2) is 30.0 Å². The Bertz CT molecular complexity index is 1590. The Hall–Kier alpha value is -3.94. The number of rotatable bonds is 4. The number of fused-ring (bicyclic) bond motifs is 3. The first kappa shape index (κ1) is 20.9. The quantitative estimate of drug-likeness (QED) is 0.408. The molecule has 8 heteroatoms. The van der Waals surface area contributed by atoms with E-state index in [1.807, 2.05) is 52.2 Å². The lowest BCUT2D eigenvalue weighted by atomic mass is 10.0. The lowest BCUT2D eigenvalue weighted by Crippen LogP contribution is -2.21. The Morgan fingerprint density at radius 3 is 2.61 bits per heavy atom. The van der Waals surface area contributed by atoms with Gasteiger partial charge in [-0.1, -0.05) is 18.2 Å². The van der Waals surface area contributed by atoms with E-state index in [4.69, 9.17) is 4.74 Å². The van der Waals surface area contributed by atoms with Gasteiger partial charge in [0, 0.05) is 31.2 Å². The molecule has 0 saturated heterocycles. The van der Waals surface area contributed by atoms with Crippen molar-refractivity contribution in [3.63, 3.8) is 0 Å². The number of halogens is 1. The molecule has 7 nitrogen and oxygen atoms in total. The summed E-state index contributed by atoms with van der Waals surface area (Å²) >= 11 is 0. The first-order valence-corrected chi connectivity index (χ1v) is 10.7. The molecule has 0 amide bonds. The molecule has 0 spiro atoms. The van der Waals surface area contributed by atoms with E-state index in [9.17, 15) is 4.79 Å². The van der Waals surface area contributed by atoms with Crippen LogP contribution in [0.25, 0.3) is 38.8 Å². The van der Waals surface area contributed by atoms with E-state index in [1.54, 1.807) is 45.3 Å². The highest BCUT2D eigenvalue weighted by atomic mass is 19.1. The Labute approximate surface area is 189 Å². The number of nitrogens with zero attached hydrogens (tertiary/aromatic N) is 5. The van der Waals surface area contributed by atoms with Gasteiger partial charge in [-0.25, -0.2) is 9.18 Å². The van der Waals surface area contributed by atoms with Crippen LogP contribution in [0, 0.1) is 12.7 Å². The largest absolute Gasteiger partial charge is 0.488 e. The van der Waals surface area contributed by atoms with Gasteiger partial charge in [0.05, 0.1) is 40.2 Å². The topological polar surface area (TPSA) is 66.9 Å². The monoisotopic (exact) mass is 445 g/mol. The standard InChI is InChI=1S/C25H24FN5O2/c1-14(2)33-22-8-6-7-17(23(22)26)16-9-10-19-18(11-16)24-20(12-27-19)30(5)25(32)31(24)21-13-29(4)28-15(21)3/h6-14H,1-5H3. The summed E-state index contributed by atoms with van der Waals surface area (Å²) in [6.45, 7) is 5.59. The normalized spacial score (nSPS) is 11.7. The van der Waals surface area contributed by atoms with Gasteiger partial charge in [0.2, 0.25) is 0 Å². The molecule has 5 aromatic rings. The van der Waals surface area contributed by atoms with Crippen molar-refractivity contribution in [1.82, 2.24) is 23.9 Å². The Kier molecular flexibility index (Phi) is 4.81. The second-order valence-corrected chi connectivity index (χ2v) is 8.46. The number of hydrogen-bond donors (Lipinski definition) is 0. The lowest BCUT2D eigenvalue weighted by Gasteiger charge is -2.13. The molecule has 0 N–H and O–H groups in total. The van der Waals surface area contributed by atoms with Crippen LogP contribution in [0.3, 0.4) is 0 Å². The van der Waals surface area contributed by atoms with E-state index in [-0.39, 0.29) is 17.5 Å². The SMILES string of the molecule is Cc1nn(C)cc1-n1c(=O)n(C)c2cnc3ccc(-c4cccc(OC(C)C)c4F)cc3c21. The average molecular weight is 445 g/mol. The van der Waals surface area contributed by atoms with Crippen molar-refractivity contribution < 1.29 is 9.13 Å². The Balaban J connectivity index is 1.82. The first-order chi connectivity index (χ1) is 15.8. The van der Waals surface area contributed by atoms with E-state index in [1.165, 1.54) is 0 Å². The van der Waals surface area contributed by atoms with Crippen LogP contribution in [0.5, 0.6) is 5.75 Å². The smallest absolute Gasteiger partial charge is 0.333 e. The van der Waals surface area contributed by atoms with Gasteiger partial charge in [-0.2, -0.15) is 5.10 Å². The van der Waals surface area contributed by atoms with Gasteiger partial charge >= 0.3 is 5.69 Å². The molecule has 0 fully saturated rings. The molecule has 5 rings (SSSR count). The van der Waals surface area contributed by atoms with Crippen LogP contribution in [0.15, 0.2) is 53.6 Å². The summed E-state index contributed by atoms with van der Waals surface area (Å²) < 4.78 is 25.8. The minimum absolute atomic E-state index is 0.142. The number of hydrogen-bond acceptors (Lipinski definition) is 4. The fourth-order valence-corrected chi connectivity index (χ4v) is 4.27. The van der Waals surface area contributed by atoms with Crippen LogP contribution < -0.4 is 10.4 Å². The Morgan fingerprint density at radius 1 is 1.12 bits per heavy atom. The summed E-state index contributed by atoms with van der Waals surface area (Å²) in [7, 11) is 3.54. The van der Waals surface area contributed by atoms with E-state index in [0.29, 0.717) is 33.4 Å². The molecule has 0 unspecified atom stereocenters. The molecule has 33 heavy (non-hydrogen) atoms. The molecule has 2 aromatic carbocycles. The molecule has 0 aliphatic heterocycles. The molecule has 0 atom stereocenters. The molecule has 0 aliphatic rings. The molecule has 0 radical (unpaired) electrons. The summed E-state index contributed by atoms with van der Waals surface area (Å²) in [5.41, 5.74) is 4.44. The van der Waals surface area contributed by atoms with Crippen LogP contribution in [-0.2, 0) is 14.1 Å². The van der Waals surface area contributed by atoms with Crippen LogP contribution in [0.1, 0.15) is 19.5 Å². The third-order valence-corrected chi connectivity index (χ3v) is 5.75. The van der Waals surface area contributed by atoms with Crippen LogP contribution in [0.4, 0.5) is 4.39 Å². The van der Waals surface area contributed by atoms with E-state index >= 15 is 4.39 Å². The highest BCUT2D eigenvalue weighted by molar-refractivity contribution is 6.04. The zero-order valence-electron chi connectivity index (χ0n) is 19.1. The van der Waals surface area contributed by atoms with Crippen LogP contribution >= 0.6 is 0 Å². The fourth-order valence-electron chi connectivity index (χ4n) is 4.27. The third kappa shape index (κ3) is 3.29. The van der Waals surface area contributed by atoms with Crippen molar-refractivity contribution in [2.45, 2.75) is 26.9 Å². The molecular formula is C25H24FN5O2. The number of aromatic nitrogens is 5. The Morgan fingerprint density at radius 2 is 1.91 bits per heavy atom. The number of ether oxygens (including phenoxy) is 1. The van der Waals surface area contributed by atoms with Gasteiger partial charge in [0.15, 0.2) is 11.6 Å². The van der Waals surface area contributed by atoms with Crippen molar-refractivity contribution in [2.24, 2.45) is 14.1 Å². The van der Waals surface area contributed by atoms with Crippen molar-refractivity contribution in [3.8, 4) is 22.6 Å². The molecule has 0 aliphatic carbocycles. The van der Waals surface area contributed by atoms with Gasteiger partial charge in [0.1, 0.15) is 0 Å². The zero-order chi connectivity index (χ0) is 23.4. The van der Waals surface area contributed by atoms with Crippen molar-refractivity contribution >= 4 is 21.9 Å². The zero-order valence-corrected chi connectivity index (χ0v) is 19.1. The summed E-state index contributed by atoms with van der Waals surface area (Å²) in [6.07, 6.45) is 3.37. The van der Waals surface area contributed by atoms with E-state index in [2.05, 4.69) is 10.1 Å². The summed E-state index contributed by atoms with van der Waals surface area (Å²) in [4.78, 5) is 17.8. The van der Waals surface area contributed by atoms with Crippen molar-refractivity contribution in [2.75, 3.05) is 0 Å². The molecule has 0 saturated carbocycles. The minimum atomic E-state index is -0.417. The summed E-state index contributed by atoms with van der Waals surface area (Å²) in [6, 6.07) is 10.7. The van der Waals surface area contributed by atoms with E-state index in [0.717, 1.165) is 11.1 Å². The van der Waals surface area contributed by atoms with Gasteiger partial charge in [-0.05, 0) is 44.5 Å². The van der Waals surface area contributed by atoms with Gasteiger partial charge in [-0.3, -0.25) is 18.8 Å². The predicted octanol–water partition coefficient (Wildman–Crippen LogP) is 4.51. The van der Waals surface area contributed by atoms with Crippen molar-refractivity contribution in [1.29, 1.82) is 0 Å². The maximum Gasteiger partial charge on any atom is 0.333 e. The maximum atomic E-state index is 15.3. The first-order valence-electron chi connectivity index (χ1n) is 10.7. The van der Waals surface area contributed by atoms with Gasteiger partial charge < -0.3 is 4.74 Å². The number of aryl methyl sites for hydroxylation is 3. The second-order valence-electron chi connectivity index (χ2n) is 8.46. The molecule has 3 heterocycles. The van der Waals surface area contributed by atoms with Crippen LogP contribution in [0.2, 0.25) is 0 Å². The molecular weight excluding hydrogens is 421 g/mol. The molecule has 0 bridgehead atoms. The fraction of sp³-hybridized carbons (Fsp3) is 0.240. The average Bonchev–Trinajstić information content (AvgIpc) is 3.24. The number of pyridine rings is 1. The summed E-state index contributed by atoms with van der Waals surface area (Å²) in [5.74, 6) is -0.208. The van der Waals surface area contributed by atoms with Crippen molar-refractivity contribution in [3.05, 3.63) is 70.8 Å². The third-order valence-electron chi connectivity index (χ3n) is 5.75. The lowest BCUT2D eigenvalue weighted by molar-refractivity contribution is 0.231. The number of imidazole rings is 1. The highest BCUT2D eigenvalue weighted by Crippen LogP contribution is 2.33. The minimum Gasteiger partial charge on any atom is -0.488 e.